The highest BCUT2D eigenvalue weighted by atomic mass is 35.5. The normalized spacial score (nSPS) is 25.1. The predicted octanol–water partition coefficient (Wildman–Crippen LogP) is 0.250. The lowest BCUT2D eigenvalue weighted by atomic mass is 10.2. The molecule has 1 aromatic heterocycles. The van der Waals surface area contributed by atoms with E-state index in [1.165, 1.54) is 0 Å². The lowest BCUT2D eigenvalue weighted by molar-refractivity contribution is -0.0459. The molecule has 1 fully saturated rings. The van der Waals surface area contributed by atoms with Gasteiger partial charge in [0, 0.05) is 12.6 Å². The second-order valence-electron chi connectivity index (χ2n) is 4.40. The van der Waals surface area contributed by atoms with E-state index in [0.29, 0.717) is 0 Å². The third kappa shape index (κ3) is 3.19. The predicted molar refractivity (Wildman–Crippen MR) is 72.7 cm³/mol. The van der Waals surface area contributed by atoms with Crippen LogP contribution in [0.15, 0.2) is 20.3 Å². The van der Waals surface area contributed by atoms with E-state index >= 15 is 0 Å². The first-order chi connectivity index (χ1) is 9.85. The van der Waals surface area contributed by atoms with Gasteiger partial charge in [0.2, 0.25) is 0 Å². The van der Waals surface area contributed by atoms with Crippen LogP contribution >= 0.6 is 23.2 Å². The fraction of sp³-hybridized carbons (Fsp3) is 0.455. The fourth-order valence-corrected chi connectivity index (χ4v) is 2.21. The van der Waals surface area contributed by atoms with Gasteiger partial charge in [-0.1, -0.05) is 23.2 Å². The van der Waals surface area contributed by atoms with E-state index in [9.17, 15) is 19.1 Å². The van der Waals surface area contributed by atoms with E-state index in [4.69, 9.17) is 33.0 Å². The number of hydrogen-bond donors (Lipinski definition) is 3. The molecule has 3 N–H and O–H groups in total. The Kier molecular flexibility index (Phi) is 4.84. The molecule has 0 bridgehead atoms. The number of aliphatic hydroxyl groups excluding tert-OH is 2. The zero-order chi connectivity index (χ0) is 15.7. The number of hydrogen-bond acceptors (Lipinski definition) is 5. The number of nitrogens with zero attached hydrogens (tertiary/aromatic N) is 1. The molecule has 1 aliphatic rings. The van der Waals surface area contributed by atoms with Crippen LogP contribution in [0, 0.1) is 0 Å². The number of aromatic nitrogens is 2. The van der Waals surface area contributed by atoms with Gasteiger partial charge in [-0.15, -0.1) is 0 Å². The Morgan fingerprint density at radius 2 is 2.19 bits per heavy atom. The number of aliphatic hydroxyl groups is 2. The van der Waals surface area contributed by atoms with E-state index in [0.717, 1.165) is 10.8 Å². The van der Waals surface area contributed by atoms with Crippen molar-refractivity contribution in [1.29, 1.82) is 0 Å². The summed E-state index contributed by atoms with van der Waals surface area (Å²) < 4.78 is 19.1. The third-order valence-corrected chi connectivity index (χ3v) is 3.40. The Morgan fingerprint density at radius 3 is 2.71 bits per heavy atom. The van der Waals surface area contributed by atoms with Crippen molar-refractivity contribution in [1.82, 2.24) is 9.55 Å². The molecule has 3 atom stereocenters. The van der Waals surface area contributed by atoms with Gasteiger partial charge >= 0.3 is 5.69 Å². The topological polar surface area (TPSA) is 105 Å². The van der Waals surface area contributed by atoms with Gasteiger partial charge in [-0.3, -0.25) is 14.3 Å². The Balaban J connectivity index is 2.47. The van der Waals surface area contributed by atoms with Crippen LogP contribution in [0.4, 0.5) is 4.39 Å². The summed E-state index contributed by atoms with van der Waals surface area (Å²) in [6, 6.07) is 0. The molecular formula is C11H11Cl2FN2O5. The zero-order valence-electron chi connectivity index (χ0n) is 10.4. The van der Waals surface area contributed by atoms with Crippen LogP contribution in [0.2, 0.25) is 0 Å². The molecule has 0 radical (unpaired) electrons. The summed E-state index contributed by atoms with van der Waals surface area (Å²) in [5.41, 5.74) is -2.39. The molecule has 0 unspecified atom stereocenters. The second-order valence-corrected chi connectivity index (χ2v) is 5.35. The fourth-order valence-electron chi connectivity index (χ4n) is 2.01. The summed E-state index contributed by atoms with van der Waals surface area (Å²) in [7, 11) is 0. The van der Waals surface area contributed by atoms with Gasteiger partial charge in [-0.05, 0) is 0 Å². The van der Waals surface area contributed by atoms with Gasteiger partial charge in [0.1, 0.15) is 16.8 Å². The average Bonchev–Trinajstić information content (AvgIpc) is 2.79. The number of nitrogens with one attached hydrogen (secondary N) is 1. The van der Waals surface area contributed by atoms with E-state index < -0.39 is 52.2 Å². The highest BCUT2D eigenvalue weighted by Gasteiger charge is 2.35. The molecule has 1 aliphatic heterocycles. The first kappa shape index (κ1) is 16.2. The van der Waals surface area contributed by atoms with Crippen molar-refractivity contribution in [2.45, 2.75) is 24.9 Å². The molecule has 10 heteroatoms. The Labute approximate surface area is 127 Å². The number of aromatic amines is 1. The van der Waals surface area contributed by atoms with Gasteiger partial charge < -0.3 is 14.9 Å². The van der Waals surface area contributed by atoms with E-state index in [1.807, 2.05) is 4.98 Å². The molecule has 116 valence electrons. The summed E-state index contributed by atoms with van der Waals surface area (Å²) >= 11 is 10.6. The minimum Gasteiger partial charge on any atom is -0.394 e. The summed E-state index contributed by atoms with van der Waals surface area (Å²) in [6.45, 7) is -0.440. The Bertz CT molecular complexity index is 682. The van der Waals surface area contributed by atoms with Crippen molar-refractivity contribution < 1.29 is 19.3 Å². The molecule has 0 amide bonds. The zero-order valence-corrected chi connectivity index (χ0v) is 11.9. The Hall–Kier alpha value is -1.19. The van der Waals surface area contributed by atoms with Gasteiger partial charge in [0.25, 0.3) is 5.56 Å². The molecule has 1 aromatic rings. The molecule has 0 spiro atoms. The minimum atomic E-state index is -1.19. The Morgan fingerprint density at radius 1 is 1.52 bits per heavy atom. The molecule has 0 saturated carbocycles. The first-order valence-electron chi connectivity index (χ1n) is 5.86. The van der Waals surface area contributed by atoms with Crippen LogP contribution in [-0.4, -0.2) is 38.6 Å². The molecule has 0 aliphatic carbocycles. The monoisotopic (exact) mass is 340 g/mol. The van der Waals surface area contributed by atoms with Crippen molar-refractivity contribution in [3.8, 4) is 0 Å². The quantitative estimate of drug-likeness (QED) is 0.731. The van der Waals surface area contributed by atoms with Crippen molar-refractivity contribution in [2.24, 2.45) is 0 Å². The third-order valence-electron chi connectivity index (χ3n) is 3.06. The minimum absolute atomic E-state index is 0.00342. The van der Waals surface area contributed by atoms with Crippen LogP contribution < -0.4 is 11.2 Å². The van der Waals surface area contributed by atoms with Gasteiger partial charge in [-0.2, -0.15) is 0 Å². The summed E-state index contributed by atoms with van der Waals surface area (Å²) in [5.74, 6) is -1.19. The summed E-state index contributed by atoms with van der Waals surface area (Å²) in [6.07, 6.45) is -1.91. The highest BCUT2D eigenvalue weighted by molar-refractivity contribution is 6.58. The van der Waals surface area contributed by atoms with Gasteiger partial charge in [-0.25, -0.2) is 9.18 Å². The van der Waals surface area contributed by atoms with Gasteiger partial charge in [0.15, 0.2) is 5.83 Å². The van der Waals surface area contributed by atoms with Gasteiger partial charge in [0.05, 0.1) is 18.3 Å². The van der Waals surface area contributed by atoms with E-state index in [1.54, 1.807) is 0 Å². The van der Waals surface area contributed by atoms with Crippen molar-refractivity contribution in [3.05, 3.63) is 37.1 Å². The maximum atomic E-state index is 13.7. The number of rotatable bonds is 3. The SMILES string of the molecule is O=c1[nH]c(=O)n([C@H]2C[C@H](O)[C@@H](CO)O2)cc1C(F)=C(Cl)Cl. The molecular weight excluding hydrogens is 330 g/mol. The van der Waals surface area contributed by atoms with E-state index in [2.05, 4.69) is 0 Å². The molecule has 0 aromatic carbocycles. The van der Waals surface area contributed by atoms with Crippen LogP contribution in [0.3, 0.4) is 0 Å². The maximum absolute atomic E-state index is 13.7. The lowest BCUT2D eigenvalue weighted by Gasteiger charge is -2.15. The summed E-state index contributed by atoms with van der Waals surface area (Å²) in [4.78, 5) is 25.2. The maximum Gasteiger partial charge on any atom is 0.330 e. The van der Waals surface area contributed by atoms with Crippen molar-refractivity contribution in [2.75, 3.05) is 6.61 Å². The van der Waals surface area contributed by atoms with Crippen LogP contribution in [0.1, 0.15) is 18.2 Å². The van der Waals surface area contributed by atoms with Crippen molar-refractivity contribution in [3.63, 3.8) is 0 Å². The molecule has 21 heavy (non-hydrogen) atoms. The summed E-state index contributed by atoms with van der Waals surface area (Å²) in [5, 5.41) is 18.6. The van der Waals surface area contributed by atoms with Crippen molar-refractivity contribution >= 4 is 29.0 Å². The van der Waals surface area contributed by atoms with E-state index in [-0.39, 0.29) is 6.42 Å². The lowest BCUT2D eigenvalue weighted by Crippen LogP contribution is -2.34. The molecule has 2 rings (SSSR count). The first-order valence-corrected chi connectivity index (χ1v) is 6.61. The standard InChI is InChI=1S/C11H11Cl2FN2O5/c12-9(13)8(14)4-2-16(11(20)15-10(4)19)7-1-5(18)6(3-17)21-7/h2,5-7,17-18H,1,3H2,(H,15,19,20)/t5-,6+,7+/m0/s1. The molecule has 7 nitrogen and oxygen atoms in total. The largest absolute Gasteiger partial charge is 0.394 e. The number of ether oxygens (including phenoxy) is 1. The highest BCUT2D eigenvalue weighted by Crippen LogP contribution is 2.28. The molecule has 2 heterocycles. The number of H-pyrrole nitrogens is 1. The molecule has 1 saturated heterocycles. The van der Waals surface area contributed by atoms with Crippen LogP contribution in [-0.2, 0) is 4.74 Å². The van der Waals surface area contributed by atoms with Crippen LogP contribution in [0.25, 0.3) is 5.83 Å². The van der Waals surface area contributed by atoms with Crippen LogP contribution in [0.5, 0.6) is 0 Å². The number of halogens is 3. The average molecular weight is 341 g/mol. The second kappa shape index (κ2) is 6.29. The smallest absolute Gasteiger partial charge is 0.330 e.